The molecule has 0 aliphatic rings. The van der Waals surface area contributed by atoms with Crippen LogP contribution in [0.3, 0.4) is 0 Å². The van der Waals surface area contributed by atoms with Crippen molar-refractivity contribution in [3.63, 3.8) is 0 Å². The fourth-order valence-electron chi connectivity index (χ4n) is 1.92. The average molecular weight is 325 g/mol. The Morgan fingerprint density at radius 2 is 1.95 bits per heavy atom. The highest BCUT2D eigenvalue weighted by molar-refractivity contribution is 6.30. The predicted octanol–water partition coefficient (Wildman–Crippen LogP) is 3.04. The van der Waals surface area contributed by atoms with Crippen LogP contribution < -0.4 is 10.9 Å². The SMILES string of the molecule is C[C@H](Cc1ccc(Cl)cc1)NC(=O)c1c[nH]c(=O)c(Cl)c1. The van der Waals surface area contributed by atoms with Gasteiger partial charge >= 0.3 is 0 Å². The Balaban J connectivity index is 1.99. The van der Waals surface area contributed by atoms with E-state index in [1.54, 1.807) is 0 Å². The standard InChI is InChI=1S/C15H14Cl2N2O2/c1-9(6-10-2-4-12(16)5-3-10)19-14(20)11-7-13(17)15(21)18-8-11/h2-5,7-9H,6H2,1H3,(H,18,21)(H,19,20)/t9-/m1/s1. The number of rotatable bonds is 4. The quantitative estimate of drug-likeness (QED) is 0.908. The number of nitrogens with one attached hydrogen (secondary N) is 2. The monoisotopic (exact) mass is 324 g/mol. The van der Waals surface area contributed by atoms with Crippen LogP contribution in [0.4, 0.5) is 0 Å². The summed E-state index contributed by atoms with van der Waals surface area (Å²) >= 11 is 11.5. The molecule has 110 valence electrons. The highest BCUT2D eigenvalue weighted by Crippen LogP contribution is 2.11. The summed E-state index contributed by atoms with van der Waals surface area (Å²) in [5.74, 6) is -0.283. The van der Waals surface area contributed by atoms with Crippen molar-refractivity contribution in [2.45, 2.75) is 19.4 Å². The molecule has 0 radical (unpaired) electrons. The van der Waals surface area contributed by atoms with E-state index in [1.165, 1.54) is 12.3 Å². The van der Waals surface area contributed by atoms with Gasteiger partial charge in [-0.3, -0.25) is 9.59 Å². The average Bonchev–Trinajstić information content (AvgIpc) is 2.44. The van der Waals surface area contributed by atoms with E-state index >= 15 is 0 Å². The van der Waals surface area contributed by atoms with Crippen molar-refractivity contribution in [2.24, 2.45) is 0 Å². The third kappa shape index (κ3) is 4.34. The van der Waals surface area contributed by atoms with Crippen LogP contribution >= 0.6 is 23.2 Å². The van der Waals surface area contributed by atoms with Gasteiger partial charge in [-0.15, -0.1) is 0 Å². The van der Waals surface area contributed by atoms with Crippen molar-refractivity contribution in [3.05, 3.63) is 68.1 Å². The number of aromatic nitrogens is 1. The fraction of sp³-hybridized carbons (Fsp3) is 0.200. The van der Waals surface area contributed by atoms with Crippen LogP contribution in [0.5, 0.6) is 0 Å². The first-order chi connectivity index (χ1) is 9.95. The Morgan fingerprint density at radius 3 is 2.57 bits per heavy atom. The molecule has 21 heavy (non-hydrogen) atoms. The van der Waals surface area contributed by atoms with Gasteiger partial charge in [0.1, 0.15) is 5.02 Å². The molecule has 0 saturated heterocycles. The Labute approximate surface area is 132 Å². The first-order valence-corrected chi connectivity index (χ1v) is 7.15. The number of hydrogen-bond acceptors (Lipinski definition) is 2. The Kier molecular flexibility index (Phi) is 5.04. The van der Waals surface area contributed by atoms with E-state index in [4.69, 9.17) is 23.2 Å². The van der Waals surface area contributed by atoms with E-state index in [9.17, 15) is 9.59 Å². The van der Waals surface area contributed by atoms with Crippen molar-refractivity contribution >= 4 is 29.1 Å². The molecular weight excluding hydrogens is 311 g/mol. The minimum absolute atomic E-state index is 0.00648. The molecule has 0 aliphatic carbocycles. The van der Waals surface area contributed by atoms with E-state index < -0.39 is 5.56 Å². The molecule has 0 bridgehead atoms. The number of pyridine rings is 1. The van der Waals surface area contributed by atoms with Gasteiger partial charge in [0.25, 0.3) is 11.5 Å². The highest BCUT2D eigenvalue weighted by Gasteiger charge is 2.12. The summed E-state index contributed by atoms with van der Waals surface area (Å²) in [5, 5.41) is 3.53. The molecule has 0 saturated carbocycles. The van der Waals surface area contributed by atoms with Crippen LogP contribution in [-0.2, 0) is 6.42 Å². The molecule has 2 rings (SSSR count). The van der Waals surface area contributed by atoms with Crippen molar-refractivity contribution < 1.29 is 4.79 Å². The molecule has 0 spiro atoms. The van der Waals surface area contributed by atoms with Gasteiger partial charge in [-0.25, -0.2) is 0 Å². The highest BCUT2D eigenvalue weighted by atomic mass is 35.5. The number of carbonyl (C=O) groups excluding carboxylic acids is 1. The van der Waals surface area contributed by atoms with E-state index in [1.807, 2.05) is 31.2 Å². The predicted molar refractivity (Wildman–Crippen MR) is 84.2 cm³/mol. The summed E-state index contributed by atoms with van der Waals surface area (Å²) in [5.41, 5.74) is 0.983. The van der Waals surface area contributed by atoms with Gasteiger partial charge in [0.2, 0.25) is 0 Å². The maximum absolute atomic E-state index is 12.1. The summed E-state index contributed by atoms with van der Waals surface area (Å²) in [6, 6.07) is 8.75. The molecule has 2 aromatic rings. The second-order valence-corrected chi connectivity index (χ2v) is 5.61. The van der Waals surface area contributed by atoms with Gasteiger partial charge in [-0.1, -0.05) is 35.3 Å². The maximum atomic E-state index is 12.1. The van der Waals surface area contributed by atoms with E-state index in [0.717, 1.165) is 5.56 Å². The number of halogens is 2. The number of hydrogen-bond donors (Lipinski definition) is 2. The summed E-state index contributed by atoms with van der Waals surface area (Å²) in [4.78, 5) is 25.6. The van der Waals surface area contributed by atoms with Crippen molar-refractivity contribution in [1.29, 1.82) is 0 Å². The molecule has 1 aromatic heterocycles. The molecular formula is C15H14Cl2N2O2. The van der Waals surface area contributed by atoms with Gasteiger partial charge in [-0.05, 0) is 37.1 Å². The Morgan fingerprint density at radius 1 is 1.29 bits per heavy atom. The number of amides is 1. The molecule has 1 heterocycles. The molecule has 6 heteroatoms. The second kappa shape index (κ2) is 6.78. The van der Waals surface area contributed by atoms with Gasteiger partial charge in [0, 0.05) is 17.3 Å². The molecule has 0 unspecified atom stereocenters. The zero-order valence-electron chi connectivity index (χ0n) is 11.3. The van der Waals surface area contributed by atoms with Crippen LogP contribution in [0, 0.1) is 0 Å². The van der Waals surface area contributed by atoms with Crippen molar-refractivity contribution in [1.82, 2.24) is 10.3 Å². The molecule has 2 N–H and O–H groups in total. The lowest BCUT2D eigenvalue weighted by atomic mass is 10.1. The van der Waals surface area contributed by atoms with Gasteiger partial charge < -0.3 is 10.3 Å². The first kappa shape index (κ1) is 15.6. The molecule has 1 aromatic carbocycles. The van der Waals surface area contributed by atoms with E-state index in [0.29, 0.717) is 17.0 Å². The largest absolute Gasteiger partial charge is 0.349 e. The second-order valence-electron chi connectivity index (χ2n) is 4.77. The molecule has 1 atom stereocenters. The summed E-state index contributed by atoms with van der Waals surface area (Å²) in [7, 11) is 0. The maximum Gasteiger partial charge on any atom is 0.266 e. The lowest BCUT2D eigenvalue weighted by molar-refractivity contribution is 0.0939. The Bertz CT molecular complexity index is 696. The molecule has 0 aliphatic heterocycles. The lowest BCUT2D eigenvalue weighted by Gasteiger charge is -2.14. The summed E-state index contributed by atoms with van der Waals surface area (Å²) < 4.78 is 0. The van der Waals surface area contributed by atoms with E-state index in [2.05, 4.69) is 10.3 Å². The fourth-order valence-corrected chi connectivity index (χ4v) is 2.22. The smallest absolute Gasteiger partial charge is 0.266 e. The number of H-pyrrole nitrogens is 1. The van der Waals surface area contributed by atoms with Crippen LogP contribution in [0.1, 0.15) is 22.8 Å². The zero-order valence-corrected chi connectivity index (χ0v) is 12.8. The van der Waals surface area contributed by atoms with Crippen LogP contribution in [-0.4, -0.2) is 16.9 Å². The lowest BCUT2D eigenvalue weighted by Crippen LogP contribution is -2.34. The topological polar surface area (TPSA) is 62.0 Å². The zero-order chi connectivity index (χ0) is 15.4. The number of aromatic amines is 1. The normalized spacial score (nSPS) is 12.0. The summed E-state index contributed by atoms with van der Waals surface area (Å²) in [6.07, 6.45) is 2.03. The van der Waals surface area contributed by atoms with Crippen LogP contribution in [0.25, 0.3) is 0 Å². The van der Waals surface area contributed by atoms with Gasteiger partial charge in [0.05, 0.1) is 5.56 Å². The molecule has 4 nitrogen and oxygen atoms in total. The van der Waals surface area contributed by atoms with Crippen molar-refractivity contribution in [2.75, 3.05) is 0 Å². The summed E-state index contributed by atoms with van der Waals surface area (Å²) in [6.45, 7) is 1.90. The number of carbonyl (C=O) groups is 1. The van der Waals surface area contributed by atoms with Gasteiger partial charge in [-0.2, -0.15) is 0 Å². The van der Waals surface area contributed by atoms with Crippen LogP contribution in [0.2, 0.25) is 10.0 Å². The molecule has 0 fully saturated rings. The van der Waals surface area contributed by atoms with Crippen molar-refractivity contribution in [3.8, 4) is 0 Å². The number of benzene rings is 1. The Hall–Kier alpha value is -1.78. The third-order valence-corrected chi connectivity index (χ3v) is 3.49. The first-order valence-electron chi connectivity index (χ1n) is 6.39. The minimum Gasteiger partial charge on any atom is -0.349 e. The van der Waals surface area contributed by atoms with E-state index in [-0.39, 0.29) is 17.0 Å². The minimum atomic E-state index is -0.414. The molecule has 1 amide bonds. The van der Waals surface area contributed by atoms with Gasteiger partial charge in [0.15, 0.2) is 0 Å². The third-order valence-electron chi connectivity index (χ3n) is 2.95. The van der Waals surface area contributed by atoms with Crippen LogP contribution in [0.15, 0.2) is 41.3 Å².